The summed E-state index contributed by atoms with van der Waals surface area (Å²) in [6, 6.07) is 0. The summed E-state index contributed by atoms with van der Waals surface area (Å²) in [4.78, 5) is 10.2. The van der Waals surface area contributed by atoms with Crippen LogP contribution >= 0.6 is 0 Å². The van der Waals surface area contributed by atoms with Crippen LogP contribution in [-0.4, -0.2) is 57.4 Å². The van der Waals surface area contributed by atoms with Crippen LogP contribution in [0.3, 0.4) is 0 Å². The third-order valence-electron chi connectivity index (χ3n) is 1.82. The molecule has 1 unspecified atom stereocenters. The monoisotopic (exact) mass is 178 g/mol. The Balaban J connectivity index is 2.79. The molecule has 0 aromatic carbocycles. The smallest absolute Gasteiger partial charge is 0.253 e. The van der Waals surface area contributed by atoms with Crippen LogP contribution < -0.4 is 0 Å². The second-order valence-corrected chi connectivity index (χ2v) is 2.64. The first-order valence-corrected chi connectivity index (χ1v) is 3.38. The fourth-order valence-electron chi connectivity index (χ4n) is 1.07. The second kappa shape index (κ2) is 3.08. The SMILES string of the molecule is O=CC1(O)O[C@H](CO)[C@@H](O)[C@H]1O. The van der Waals surface area contributed by atoms with E-state index in [2.05, 4.69) is 4.74 Å². The first-order valence-electron chi connectivity index (χ1n) is 3.38. The summed E-state index contributed by atoms with van der Waals surface area (Å²) >= 11 is 0. The molecule has 0 aromatic heterocycles. The molecule has 1 aliphatic heterocycles. The average Bonchev–Trinajstić information content (AvgIpc) is 2.31. The molecule has 0 bridgehead atoms. The molecule has 0 aromatic rings. The van der Waals surface area contributed by atoms with Gasteiger partial charge in [0.05, 0.1) is 6.61 Å². The summed E-state index contributed by atoms with van der Waals surface area (Å²) in [6.07, 6.45) is -4.32. The number of rotatable bonds is 2. The third-order valence-corrected chi connectivity index (χ3v) is 1.82. The minimum atomic E-state index is -2.40. The Morgan fingerprint density at radius 2 is 2.08 bits per heavy atom. The fraction of sp³-hybridized carbons (Fsp3) is 0.833. The quantitative estimate of drug-likeness (QED) is 0.335. The third kappa shape index (κ3) is 1.23. The van der Waals surface area contributed by atoms with E-state index in [0.29, 0.717) is 0 Å². The Morgan fingerprint density at radius 3 is 2.33 bits per heavy atom. The zero-order chi connectivity index (χ0) is 9.35. The van der Waals surface area contributed by atoms with E-state index in [4.69, 9.17) is 20.4 Å². The highest BCUT2D eigenvalue weighted by molar-refractivity contribution is 5.61. The summed E-state index contributed by atoms with van der Waals surface area (Å²) in [5.41, 5.74) is 0. The Bertz CT molecular complexity index is 183. The summed E-state index contributed by atoms with van der Waals surface area (Å²) in [6.45, 7) is -0.575. The van der Waals surface area contributed by atoms with Crippen molar-refractivity contribution in [1.82, 2.24) is 0 Å². The molecule has 1 rings (SSSR count). The number of aliphatic hydroxyl groups excluding tert-OH is 3. The summed E-state index contributed by atoms with van der Waals surface area (Å²) < 4.78 is 4.51. The molecule has 70 valence electrons. The van der Waals surface area contributed by atoms with Crippen LogP contribution in [-0.2, 0) is 9.53 Å². The molecule has 0 radical (unpaired) electrons. The van der Waals surface area contributed by atoms with E-state index in [1.807, 2.05) is 0 Å². The molecule has 4 atom stereocenters. The van der Waals surface area contributed by atoms with Gasteiger partial charge in [-0.1, -0.05) is 0 Å². The molecule has 1 heterocycles. The van der Waals surface area contributed by atoms with Gasteiger partial charge in [0.15, 0.2) is 6.29 Å². The maximum absolute atomic E-state index is 10.2. The lowest BCUT2D eigenvalue weighted by Crippen LogP contribution is -2.44. The predicted molar refractivity (Wildman–Crippen MR) is 35.0 cm³/mol. The molecule has 1 saturated heterocycles. The van der Waals surface area contributed by atoms with Crippen molar-refractivity contribution < 1.29 is 30.0 Å². The first kappa shape index (κ1) is 9.56. The van der Waals surface area contributed by atoms with Gasteiger partial charge in [-0.05, 0) is 0 Å². The van der Waals surface area contributed by atoms with Crippen molar-refractivity contribution in [2.45, 2.75) is 24.1 Å². The zero-order valence-corrected chi connectivity index (χ0v) is 6.12. The van der Waals surface area contributed by atoms with Gasteiger partial charge in [0.2, 0.25) is 0 Å². The van der Waals surface area contributed by atoms with Gasteiger partial charge in [0.1, 0.15) is 18.3 Å². The van der Waals surface area contributed by atoms with Gasteiger partial charge in [0.25, 0.3) is 5.79 Å². The molecule has 4 N–H and O–H groups in total. The molecule has 0 saturated carbocycles. The van der Waals surface area contributed by atoms with E-state index >= 15 is 0 Å². The lowest BCUT2D eigenvalue weighted by molar-refractivity contribution is -0.213. The number of ether oxygens (including phenoxy) is 1. The Morgan fingerprint density at radius 1 is 1.50 bits per heavy atom. The van der Waals surface area contributed by atoms with E-state index < -0.39 is 30.7 Å². The van der Waals surface area contributed by atoms with Gasteiger partial charge >= 0.3 is 0 Å². The summed E-state index contributed by atoms with van der Waals surface area (Å²) in [5.74, 6) is -2.40. The van der Waals surface area contributed by atoms with E-state index in [9.17, 15) is 4.79 Å². The molecule has 6 nitrogen and oxygen atoms in total. The Kier molecular flexibility index (Phi) is 2.45. The molecule has 6 heteroatoms. The Hall–Kier alpha value is -0.530. The number of carbonyl (C=O) groups is 1. The van der Waals surface area contributed by atoms with Crippen molar-refractivity contribution in [3.05, 3.63) is 0 Å². The number of aldehydes is 1. The zero-order valence-electron chi connectivity index (χ0n) is 6.12. The number of carbonyl (C=O) groups excluding carboxylic acids is 1. The standard InChI is InChI=1S/C6H10O6/c7-1-3-4(9)5(10)6(11,2-8)12-3/h2-5,7,9-11H,1H2/t3-,4-,5-,6?/m1/s1. The minimum absolute atomic E-state index is 0.0173. The molecular weight excluding hydrogens is 168 g/mol. The van der Waals surface area contributed by atoms with Crippen molar-refractivity contribution in [2.75, 3.05) is 6.61 Å². The molecule has 1 fully saturated rings. The van der Waals surface area contributed by atoms with E-state index in [0.717, 1.165) is 0 Å². The molecule has 0 aliphatic carbocycles. The van der Waals surface area contributed by atoms with Crippen LogP contribution in [0, 0.1) is 0 Å². The van der Waals surface area contributed by atoms with Gasteiger partial charge < -0.3 is 25.2 Å². The highest BCUT2D eigenvalue weighted by atomic mass is 16.7. The first-order chi connectivity index (χ1) is 5.55. The average molecular weight is 178 g/mol. The number of hydrogen-bond acceptors (Lipinski definition) is 6. The predicted octanol–water partition coefficient (Wildman–Crippen LogP) is -3.01. The largest absolute Gasteiger partial charge is 0.394 e. The van der Waals surface area contributed by atoms with Crippen molar-refractivity contribution in [3.63, 3.8) is 0 Å². The van der Waals surface area contributed by atoms with Crippen molar-refractivity contribution in [1.29, 1.82) is 0 Å². The van der Waals surface area contributed by atoms with Gasteiger partial charge in [0, 0.05) is 0 Å². The molecular formula is C6H10O6. The lowest BCUT2D eigenvalue weighted by atomic mass is 10.1. The number of aliphatic hydroxyl groups is 4. The normalized spacial score (nSPS) is 47.8. The van der Waals surface area contributed by atoms with Crippen LogP contribution in [0.4, 0.5) is 0 Å². The van der Waals surface area contributed by atoms with Crippen LogP contribution in [0.2, 0.25) is 0 Å². The second-order valence-electron chi connectivity index (χ2n) is 2.64. The summed E-state index contributed by atoms with van der Waals surface area (Å²) in [7, 11) is 0. The van der Waals surface area contributed by atoms with Crippen LogP contribution in [0.25, 0.3) is 0 Å². The van der Waals surface area contributed by atoms with Gasteiger partial charge in [-0.25, -0.2) is 0 Å². The molecule has 0 spiro atoms. The van der Waals surface area contributed by atoms with Gasteiger partial charge in [-0.15, -0.1) is 0 Å². The summed E-state index contributed by atoms with van der Waals surface area (Å²) in [5, 5.41) is 35.8. The van der Waals surface area contributed by atoms with Crippen molar-refractivity contribution in [2.24, 2.45) is 0 Å². The van der Waals surface area contributed by atoms with E-state index in [1.54, 1.807) is 0 Å². The highest BCUT2D eigenvalue weighted by Crippen LogP contribution is 2.26. The maximum atomic E-state index is 10.2. The van der Waals surface area contributed by atoms with Crippen LogP contribution in [0.1, 0.15) is 0 Å². The van der Waals surface area contributed by atoms with E-state index in [1.165, 1.54) is 0 Å². The molecule has 0 amide bonds. The topological polar surface area (TPSA) is 107 Å². The maximum Gasteiger partial charge on any atom is 0.253 e. The van der Waals surface area contributed by atoms with Crippen molar-refractivity contribution >= 4 is 6.29 Å². The van der Waals surface area contributed by atoms with Gasteiger partial charge in [-0.3, -0.25) is 4.79 Å². The molecule has 12 heavy (non-hydrogen) atoms. The van der Waals surface area contributed by atoms with E-state index in [-0.39, 0.29) is 6.29 Å². The minimum Gasteiger partial charge on any atom is -0.394 e. The van der Waals surface area contributed by atoms with Gasteiger partial charge in [-0.2, -0.15) is 0 Å². The molecule has 1 aliphatic rings. The fourth-order valence-corrected chi connectivity index (χ4v) is 1.07. The Labute approximate surface area is 68.0 Å². The highest BCUT2D eigenvalue weighted by Gasteiger charge is 2.53. The van der Waals surface area contributed by atoms with Crippen LogP contribution in [0.15, 0.2) is 0 Å². The van der Waals surface area contributed by atoms with Crippen LogP contribution in [0.5, 0.6) is 0 Å². The van der Waals surface area contributed by atoms with Crippen molar-refractivity contribution in [3.8, 4) is 0 Å². The number of hydrogen-bond donors (Lipinski definition) is 4. The lowest BCUT2D eigenvalue weighted by Gasteiger charge is -2.17.